The number of anilines is 1. The molecular weight excluding hydrogens is 272 g/mol. The van der Waals surface area contributed by atoms with Gasteiger partial charge in [-0.2, -0.15) is 0 Å². The van der Waals surface area contributed by atoms with Gasteiger partial charge in [-0.1, -0.05) is 12.1 Å². The largest absolute Gasteiger partial charge is 0.338 e. The first-order valence-corrected chi connectivity index (χ1v) is 7.08. The molecular formula is C11H16N2O3S2. The molecule has 1 rings (SSSR count). The number of urea groups is 1. The van der Waals surface area contributed by atoms with Gasteiger partial charge in [-0.15, -0.1) is 12.6 Å². The first-order chi connectivity index (χ1) is 8.63. The lowest BCUT2D eigenvalue weighted by molar-refractivity contribution is 0.252. The molecule has 1 atom stereocenters. The summed E-state index contributed by atoms with van der Waals surface area (Å²) in [5.41, 5.74) is 0.652. The zero-order valence-electron chi connectivity index (χ0n) is 10.0. The minimum atomic E-state index is -1.27. The van der Waals surface area contributed by atoms with Crippen molar-refractivity contribution in [1.29, 1.82) is 0 Å². The lowest BCUT2D eigenvalue weighted by atomic mass is 10.3. The maximum Gasteiger partial charge on any atom is 0.319 e. The van der Waals surface area contributed by atoms with Crippen molar-refractivity contribution in [2.24, 2.45) is 0 Å². The zero-order chi connectivity index (χ0) is 13.4. The third-order valence-electron chi connectivity index (χ3n) is 2.11. The van der Waals surface area contributed by atoms with Crippen molar-refractivity contribution in [2.45, 2.75) is 11.3 Å². The molecule has 0 bridgehead atoms. The summed E-state index contributed by atoms with van der Waals surface area (Å²) in [6.07, 6.45) is 0.594. The number of carbonyl (C=O) groups excluding carboxylic acids is 1. The quantitative estimate of drug-likeness (QED) is 0.552. The van der Waals surface area contributed by atoms with Crippen molar-refractivity contribution in [3.63, 3.8) is 0 Å². The second-order valence-corrected chi connectivity index (χ2v) is 5.26. The van der Waals surface area contributed by atoms with E-state index in [1.807, 2.05) is 12.1 Å². The van der Waals surface area contributed by atoms with E-state index in [0.717, 1.165) is 0 Å². The Balaban J connectivity index is 2.26. The Bertz CT molecular complexity index is 427. The van der Waals surface area contributed by atoms with Crippen LogP contribution in [0, 0.1) is 0 Å². The number of hydrogen-bond donors (Lipinski definition) is 3. The standard InChI is InChI=1S/C11H16N2O3S2/c1-16-18(15)8-4-7-12-11(14)13-9-5-2-3-6-10(9)17/h2-3,5-6,17H,4,7-8H2,1H3,(H2,12,13,14). The Hall–Kier alpha value is -1.05. The Morgan fingerprint density at radius 1 is 1.44 bits per heavy atom. The second-order valence-electron chi connectivity index (χ2n) is 3.43. The number of benzene rings is 1. The maximum absolute atomic E-state index is 11.5. The normalized spacial score (nSPS) is 11.9. The molecule has 5 nitrogen and oxygen atoms in total. The van der Waals surface area contributed by atoms with Gasteiger partial charge < -0.3 is 10.6 Å². The minimum absolute atomic E-state index is 0.306. The van der Waals surface area contributed by atoms with Gasteiger partial charge in [0.1, 0.15) is 0 Å². The summed E-state index contributed by atoms with van der Waals surface area (Å²) in [5.74, 6) is 0.403. The van der Waals surface area contributed by atoms with Crippen LogP contribution >= 0.6 is 12.6 Å². The van der Waals surface area contributed by atoms with Gasteiger partial charge in [0, 0.05) is 11.4 Å². The number of amides is 2. The fraction of sp³-hybridized carbons (Fsp3) is 0.364. The van der Waals surface area contributed by atoms with E-state index >= 15 is 0 Å². The van der Waals surface area contributed by atoms with Gasteiger partial charge in [0.15, 0.2) is 11.1 Å². The average Bonchev–Trinajstić information content (AvgIpc) is 2.37. The van der Waals surface area contributed by atoms with Crippen LogP contribution < -0.4 is 10.6 Å². The molecule has 0 fully saturated rings. The van der Waals surface area contributed by atoms with Gasteiger partial charge in [0.2, 0.25) is 0 Å². The molecule has 0 aliphatic rings. The Kier molecular flexibility index (Phi) is 6.77. The van der Waals surface area contributed by atoms with Crippen LogP contribution in [-0.4, -0.2) is 29.6 Å². The molecule has 2 amide bonds. The first-order valence-electron chi connectivity index (χ1n) is 5.39. The highest BCUT2D eigenvalue weighted by Gasteiger charge is 2.04. The van der Waals surface area contributed by atoms with Crippen LogP contribution in [0.3, 0.4) is 0 Å². The molecule has 2 N–H and O–H groups in total. The molecule has 0 spiro atoms. The van der Waals surface area contributed by atoms with E-state index in [1.54, 1.807) is 12.1 Å². The number of thiol groups is 1. The maximum atomic E-state index is 11.5. The molecule has 0 saturated heterocycles. The highest BCUT2D eigenvalue weighted by atomic mass is 32.2. The summed E-state index contributed by atoms with van der Waals surface area (Å²) in [6, 6.07) is 6.91. The van der Waals surface area contributed by atoms with E-state index in [0.29, 0.717) is 29.3 Å². The first kappa shape index (κ1) is 15.0. The second kappa shape index (κ2) is 8.12. The molecule has 0 radical (unpaired) electrons. The predicted octanol–water partition coefficient (Wildman–Crippen LogP) is 1.80. The fourth-order valence-electron chi connectivity index (χ4n) is 1.22. The molecule has 0 heterocycles. The summed E-state index contributed by atoms with van der Waals surface area (Å²) in [7, 11) is 1.39. The Labute approximate surface area is 114 Å². The summed E-state index contributed by atoms with van der Waals surface area (Å²) >= 11 is 2.95. The number of para-hydroxylation sites is 1. The van der Waals surface area contributed by atoms with Crippen molar-refractivity contribution in [3.05, 3.63) is 24.3 Å². The molecule has 0 saturated carbocycles. The minimum Gasteiger partial charge on any atom is -0.338 e. The molecule has 1 aromatic carbocycles. The van der Waals surface area contributed by atoms with Crippen LogP contribution in [0.5, 0.6) is 0 Å². The fourth-order valence-corrected chi connectivity index (χ4v) is 1.98. The highest BCUT2D eigenvalue weighted by molar-refractivity contribution is 7.80. The monoisotopic (exact) mass is 288 g/mol. The van der Waals surface area contributed by atoms with E-state index in [9.17, 15) is 9.00 Å². The van der Waals surface area contributed by atoms with Gasteiger partial charge in [-0.05, 0) is 18.6 Å². The van der Waals surface area contributed by atoms with E-state index < -0.39 is 11.1 Å². The topological polar surface area (TPSA) is 67.4 Å². The van der Waals surface area contributed by atoms with Crippen LogP contribution in [-0.2, 0) is 15.3 Å². The van der Waals surface area contributed by atoms with Crippen molar-refractivity contribution in [3.8, 4) is 0 Å². The van der Waals surface area contributed by atoms with Crippen LogP contribution in [0.15, 0.2) is 29.2 Å². The number of rotatable bonds is 6. The van der Waals surface area contributed by atoms with Crippen molar-refractivity contribution < 1.29 is 13.2 Å². The number of carbonyl (C=O) groups is 1. The molecule has 0 aromatic heterocycles. The van der Waals surface area contributed by atoms with Crippen LogP contribution in [0.4, 0.5) is 10.5 Å². The van der Waals surface area contributed by atoms with Gasteiger partial charge in [0.25, 0.3) is 0 Å². The third-order valence-corrected chi connectivity index (χ3v) is 3.50. The van der Waals surface area contributed by atoms with Gasteiger partial charge in [-0.3, -0.25) is 4.18 Å². The SMILES string of the molecule is COS(=O)CCCNC(=O)Nc1ccccc1S. The Morgan fingerprint density at radius 3 is 2.83 bits per heavy atom. The predicted molar refractivity (Wildman–Crippen MR) is 75.4 cm³/mol. The van der Waals surface area contributed by atoms with E-state index in [1.165, 1.54) is 7.11 Å². The van der Waals surface area contributed by atoms with E-state index in [4.69, 9.17) is 0 Å². The van der Waals surface area contributed by atoms with Gasteiger partial charge in [0.05, 0.1) is 18.6 Å². The van der Waals surface area contributed by atoms with Gasteiger partial charge in [-0.25, -0.2) is 9.00 Å². The molecule has 100 valence electrons. The van der Waals surface area contributed by atoms with E-state index in [-0.39, 0.29) is 6.03 Å². The average molecular weight is 288 g/mol. The number of hydrogen-bond acceptors (Lipinski definition) is 4. The van der Waals surface area contributed by atoms with Crippen LogP contribution in [0.25, 0.3) is 0 Å². The summed E-state index contributed by atoms with van der Waals surface area (Å²) in [4.78, 5) is 12.2. The summed E-state index contributed by atoms with van der Waals surface area (Å²) in [5, 5.41) is 5.34. The summed E-state index contributed by atoms with van der Waals surface area (Å²) < 4.78 is 15.5. The van der Waals surface area contributed by atoms with Gasteiger partial charge >= 0.3 is 6.03 Å². The highest BCUT2D eigenvalue weighted by Crippen LogP contribution is 2.17. The van der Waals surface area contributed by atoms with Crippen molar-refractivity contribution >= 4 is 35.4 Å². The Morgan fingerprint density at radius 2 is 2.17 bits per heavy atom. The molecule has 0 aliphatic carbocycles. The number of nitrogens with one attached hydrogen (secondary N) is 2. The molecule has 18 heavy (non-hydrogen) atoms. The lowest BCUT2D eigenvalue weighted by Gasteiger charge is -2.08. The molecule has 7 heteroatoms. The molecule has 1 unspecified atom stereocenters. The van der Waals surface area contributed by atoms with Crippen LogP contribution in [0.2, 0.25) is 0 Å². The van der Waals surface area contributed by atoms with Crippen molar-refractivity contribution in [1.82, 2.24) is 5.32 Å². The van der Waals surface area contributed by atoms with Crippen LogP contribution in [0.1, 0.15) is 6.42 Å². The zero-order valence-corrected chi connectivity index (χ0v) is 11.7. The smallest absolute Gasteiger partial charge is 0.319 e. The molecule has 1 aromatic rings. The lowest BCUT2D eigenvalue weighted by Crippen LogP contribution is -2.30. The third kappa shape index (κ3) is 5.52. The van der Waals surface area contributed by atoms with Crippen molar-refractivity contribution in [2.75, 3.05) is 24.7 Å². The summed E-state index contributed by atoms with van der Waals surface area (Å²) in [6.45, 7) is 0.440. The molecule has 0 aliphatic heterocycles. The van der Waals surface area contributed by atoms with E-state index in [2.05, 4.69) is 27.4 Å².